The molecule has 1 aromatic rings. The minimum absolute atomic E-state index is 0.469. The van der Waals surface area contributed by atoms with Gasteiger partial charge in [0.15, 0.2) is 0 Å². The van der Waals surface area contributed by atoms with Crippen LogP contribution in [-0.4, -0.2) is 33.5 Å². The first-order chi connectivity index (χ1) is 8.24. The quantitative estimate of drug-likeness (QED) is 0.574. The topological polar surface area (TPSA) is 53.7 Å². The fourth-order valence-corrected chi connectivity index (χ4v) is 1.42. The van der Waals surface area contributed by atoms with Crippen LogP contribution >= 0.6 is 11.6 Å². The summed E-state index contributed by atoms with van der Waals surface area (Å²) in [5.74, 6) is 0. The Morgan fingerprint density at radius 1 is 1.12 bits per heavy atom. The summed E-state index contributed by atoms with van der Waals surface area (Å²) in [6.07, 6.45) is 0. The lowest BCUT2D eigenvalue weighted by atomic mass is 10.2. The molecular formula is C12H18ClNO3. The van der Waals surface area contributed by atoms with Gasteiger partial charge in [0.25, 0.3) is 0 Å². The van der Waals surface area contributed by atoms with Crippen LogP contribution in [-0.2, 0) is 20.8 Å². The summed E-state index contributed by atoms with van der Waals surface area (Å²) < 4.78 is 15.5. The van der Waals surface area contributed by atoms with Gasteiger partial charge in [-0.25, -0.2) is 0 Å². The number of rotatable bonds is 8. The smallest absolute Gasteiger partial charge is 0.0738 e. The Bertz CT molecular complexity index is 334. The number of benzene rings is 1. The Labute approximate surface area is 107 Å². The molecule has 17 heavy (non-hydrogen) atoms. The number of halogens is 1. The van der Waals surface area contributed by atoms with Crippen LogP contribution in [0, 0.1) is 0 Å². The van der Waals surface area contributed by atoms with E-state index < -0.39 is 0 Å². The third-order valence-electron chi connectivity index (χ3n) is 2.17. The summed E-state index contributed by atoms with van der Waals surface area (Å²) in [5, 5.41) is 0.633. The molecule has 5 heteroatoms. The number of methoxy groups -OCH3 is 1. The highest BCUT2D eigenvalue weighted by atomic mass is 35.5. The van der Waals surface area contributed by atoms with Crippen LogP contribution in [0.15, 0.2) is 18.2 Å². The first kappa shape index (κ1) is 14.3. The third kappa shape index (κ3) is 5.89. The van der Waals surface area contributed by atoms with E-state index >= 15 is 0 Å². The number of nitrogen functional groups attached to an aromatic ring is 1. The number of nitrogens with two attached hydrogens (primary N) is 1. The molecule has 0 aromatic heterocycles. The average molecular weight is 260 g/mol. The molecule has 0 atom stereocenters. The predicted molar refractivity (Wildman–Crippen MR) is 68.2 cm³/mol. The van der Waals surface area contributed by atoms with Gasteiger partial charge >= 0.3 is 0 Å². The number of hydrogen-bond donors (Lipinski definition) is 1. The van der Waals surface area contributed by atoms with Crippen molar-refractivity contribution in [1.82, 2.24) is 0 Å². The summed E-state index contributed by atoms with van der Waals surface area (Å²) >= 11 is 5.80. The lowest BCUT2D eigenvalue weighted by Crippen LogP contribution is -2.08. The second-order valence-corrected chi connectivity index (χ2v) is 3.94. The first-order valence-electron chi connectivity index (χ1n) is 5.42. The normalized spacial score (nSPS) is 10.7. The largest absolute Gasteiger partial charge is 0.398 e. The lowest BCUT2D eigenvalue weighted by molar-refractivity contribution is 0.0201. The first-order valence-corrected chi connectivity index (χ1v) is 5.80. The SMILES string of the molecule is COCCOCCOCc1ccc(Cl)cc1N. The van der Waals surface area contributed by atoms with Gasteiger partial charge in [0.05, 0.1) is 33.0 Å². The molecule has 0 amide bonds. The van der Waals surface area contributed by atoms with Gasteiger partial charge in [-0.15, -0.1) is 0 Å². The van der Waals surface area contributed by atoms with Crippen LogP contribution in [0.5, 0.6) is 0 Å². The molecule has 0 saturated carbocycles. The van der Waals surface area contributed by atoms with Crippen molar-refractivity contribution >= 4 is 17.3 Å². The molecule has 0 aliphatic carbocycles. The van der Waals surface area contributed by atoms with E-state index in [4.69, 9.17) is 31.5 Å². The van der Waals surface area contributed by atoms with Crippen molar-refractivity contribution in [3.05, 3.63) is 28.8 Å². The van der Waals surface area contributed by atoms with E-state index in [1.807, 2.05) is 6.07 Å². The molecule has 0 aliphatic rings. The molecule has 0 aliphatic heterocycles. The Morgan fingerprint density at radius 3 is 2.53 bits per heavy atom. The molecular weight excluding hydrogens is 242 g/mol. The Kier molecular flexibility index (Phi) is 6.96. The number of anilines is 1. The molecule has 4 nitrogen and oxygen atoms in total. The highest BCUT2D eigenvalue weighted by Crippen LogP contribution is 2.18. The van der Waals surface area contributed by atoms with E-state index in [9.17, 15) is 0 Å². The van der Waals surface area contributed by atoms with E-state index in [2.05, 4.69) is 0 Å². The maximum atomic E-state index is 5.80. The number of ether oxygens (including phenoxy) is 3. The maximum absolute atomic E-state index is 5.80. The molecule has 0 bridgehead atoms. The fraction of sp³-hybridized carbons (Fsp3) is 0.500. The minimum atomic E-state index is 0.469. The van der Waals surface area contributed by atoms with Crippen LogP contribution < -0.4 is 5.73 Å². The van der Waals surface area contributed by atoms with Crippen LogP contribution in [0.25, 0.3) is 0 Å². The molecule has 0 fully saturated rings. The number of hydrogen-bond acceptors (Lipinski definition) is 4. The predicted octanol–water partition coefficient (Wildman–Crippen LogP) is 2.10. The molecule has 0 unspecified atom stereocenters. The summed E-state index contributed by atoms with van der Waals surface area (Å²) in [7, 11) is 1.64. The van der Waals surface area contributed by atoms with Crippen molar-refractivity contribution in [2.24, 2.45) is 0 Å². The zero-order chi connectivity index (χ0) is 12.5. The second kappa shape index (κ2) is 8.31. The Hall–Kier alpha value is -0.810. The van der Waals surface area contributed by atoms with E-state index in [-0.39, 0.29) is 0 Å². The maximum Gasteiger partial charge on any atom is 0.0738 e. The lowest BCUT2D eigenvalue weighted by Gasteiger charge is -2.08. The molecule has 0 spiro atoms. The van der Waals surface area contributed by atoms with Crippen molar-refractivity contribution in [1.29, 1.82) is 0 Å². The van der Waals surface area contributed by atoms with Crippen molar-refractivity contribution in [2.45, 2.75) is 6.61 Å². The van der Waals surface area contributed by atoms with E-state index in [1.165, 1.54) is 0 Å². The molecule has 0 radical (unpaired) electrons. The molecule has 1 aromatic carbocycles. The zero-order valence-corrected chi connectivity index (χ0v) is 10.7. The molecule has 2 N–H and O–H groups in total. The van der Waals surface area contributed by atoms with Crippen molar-refractivity contribution in [2.75, 3.05) is 39.3 Å². The van der Waals surface area contributed by atoms with Crippen LogP contribution in [0.2, 0.25) is 5.02 Å². The van der Waals surface area contributed by atoms with Crippen LogP contribution in [0.1, 0.15) is 5.56 Å². The summed E-state index contributed by atoms with van der Waals surface area (Å²) in [6, 6.07) is 5.38. The van der Waals surface area contributed by atoms with Crippen molar-refractivity contribution in [3.8, 4) is 0 Å². The van der Waals surface area contributed by atoms with Gasteiger partial charge < -0.3 is 19.9 Å². The summed E-state index contributed by atoms with van der Waals surface area (Å²) in [6.45, 7) is 2.74. The van der Waals surface area contributed by atoms with Crippen molar-refractivity contribution < 1.29 is 14.2 Å². The average Bonchev–Trinajstić information content (AvgIpc) is 2.30. The van der Waals surface area contributed by atoms with Gasteiger partial charge in [0.2, 0.25) is 0 Å². The summed E-state index contributed by atoms with van der Waals surface area (Å²) in [5.41, 5.74) is 7.38. The van der Waals surface area contributed by atoms with Gasteiger partial charge in [-0.1, -0.05) is 17.7 Å². The zero-order valence-electron chi connectivity index (χ0n) is 9.95. The highest BCUT2D eigenvalue weighted by molar-refractivity contribution is 6.30. The summed E-state index contributed by atoms with van der Waals surface area (Å²) in [4.78, 5) is 0. The van der Waals surface area contributed by atoms with Gasteiger partial charge in [-0.3, -0.25) is 0 Å². The standard InChI is InChI=1S/C12H18ClNO3/c1-15-4-5-16-6-7-17-9-10-2-3-11(13)8-12(10)14/h2-3,8H,4-7,9,14H2,1H3. The van der Waals surface area contributed by atoms with Gasteiger partial charge in [-0.05, 0) is 12.1 Å². The van der Waals surface area contributed by atoms with Gasteiger partial charge in [0.1, 0.15) is 0 Å². The monoisotopic (exact) mass is 259 g/mol. The molecule has 0 heterocycles. The third-order valence-corrected chi connectivity index (χ3v) is 2.40. The van der Waals surface area contributed by atoms with E-state index in [0.29, 0.717) is 43.7 Å². The Balaban J connectivity index is 2.14. The molecule has 0 saturated heterocycles. The minimum Gasteiger partial charge on any atom is -0.398 e. The van der Waals surface area contributed by atoms with E-state index in [0.717, 1.165) is 5.56 Å². The molecule has 96 valence electrons. The van der Waals surface area contributed by atoms with Crippen LogP contribution in [0.3, 0.4) is 0 Å². The van der Waals surface area contributed by atoms with E-state index in [1.54, 1.807) is 19.2 Å². The second-order valence-electron chi connectivity index (χ2n) is 3.50. The van der Waals surface area contributed by atoms with Gasteiger partial charge in [0, 0.05) is 23.4 Å². The van der Waals surface area contributed by atoms with Crippen LogP contribution in [0.4, 0.5) is 5.69 Å². The molecule has 1 rings (SSSR count). The Morgan fingerprint density at radius 2 is 1.82 bits per heavy atom. The van der Waals surface area contributed by atoms with Crippen molar-refractivity contribution in [3.63, 3.8) is 0 Å². The highest BCUT2D eigenvalue weighted by Gasteiger charge is 2.00. The fourth-order valence-electron chi connectivity index (χ4n) is 1.24. The van der Waals surface area contributed by atoms with Gasteiger partial charge in [-0.2, -0.15) is 0 Å².